The first-order valence-corrected chi connectivity index (χ1v) is 7.87. The van der Waals surface area contributed by atoms with Crippen LogP contribution in [0.15, 0.2) is 30.3 Å². The molecule has 0 aliphatic carbocycles. The number of nitrogens with zero attached hydrogens (tertiary/aromatic N) is 2. The molecule has 1 aromatic carbocycles. The molecule has 0 fully saturated rings. The van der Waals surface area contributed by atoms with E-state index in [0.717, 1.165) is 38.2 Å². The third kappa shape index (κ3) is 3.30. The van der Waals surface area contributed by atoms with E-state index in [4.69, 9.17) is 9.97 Å². The minimum absolute atomic E-state index is 0.456. The molecule has 3 nitrogen and oxygen atoms in total. The Morgan fingerprint density at radius 2 is 1.90 bits per heavy atom. The standard InChI is InChI=1S/C18H23N3/c1-13(2)18-15-12-19-11-10-16(15)20-17(21-18)9-8-14-6-4-3-5-7-14/h3-7,13,19H,8-12H2,1-2H3. The maximum atomic E-state index is 4.85. The predicted octanol–water partition coefficient (Wildman–Crippen LogP) is 3.03. The zero-order chi connectivity index (χ0) is 14.7. The maximum Gasteiger partial charge on any atom is 0.129 e. The van der Waals surface area contributed by atoms with Crippen LogP contribution >= 0.6 is 0 Å². The highest BCUT2D eigenvalue weighted by molar-refractivity contribution is 5.30. The molecule has 0 spiro atoms. The largest absolute Gasteiger partial charge is 0.312 e. The van der Waals surface area contributed by atoms with Gasteiger partial charge in [0.25, 0.3) is 0 Å². The van der Waals surface area contributed by atoms with Gasteiger partial charge in [0.05, 0.1) is 11.4 Å². The Morgan fingerprint density at radius 3 is 2.67 bits per heavy atom. The third-order valence-electron chi connectivity index (χ3n) is 4.04. The van der Waals surface area contributed by atoms with Crippen LogP contribution in [-0.2, 0) is 25.8 Å². The Hall–Kier alpha value is -1.74. The molecule has 1 aliphatic rings. The topological polar surface area (TPSA) is 37.8 Å². The van der Waals surface area contributed by atoms with Gasteiger partial charge in [0.1, 0.15) is 5.82 Å². The first-order valence-electron chi connectivity index (χ1n) is 7.87. The molecule has 0 amide bonds. The van der Waals surface area contributed by atoms with Crippen molar-refractivity contribution in [2.75, 3.05) is 6.54 Å². The Kier molecular flexibility index (Phi) is 4.30. The van der Waals surface area contributed by atoms with Crippen LogP contribution in [-0.4, -0.2) is 16.5 Å². The number of aryl methyl sites for hydroxylation is 2. The number of benzene rings is 1. The summed E-state index contributed by atoms with van der Waals surface area (Å²) in [5.74, 6) is 1.46. The van der Waals surface area contributed by atoms with E-state index in [0.29, 0.717) is 5.92 Å². The average molecular weight is 281 g/mol. The van der Waals surface area contributed by atoms with E-state index in [-0.39, 0.29) is 0 Å². The van der Waals surface area contributed by atoms with Gasteiger partial charge in [-0.15, -0.1) is 0 Å². The lowest BCUT2D eigenvalue weighted by atomic mass is 9.98. The molecule has 0 bridgehead atoms. The van der Waals surface area contributed by atoms with Gasteiger partial charge in [-0.05, 0) is 17.9 Å². The quantitative estimate of drug-likeness (QED) is 0.936. The SMILES string of the molecule is CC(C)c1nc(CCc2ccccc2)nc2c1CNCC2. The van der Waals surface area contributed by atoms with Crippen molar-refractivity contribution in [3.8, 4) is 0 Å². The van der Waals surface area contributed by atoms with Crippen molar-refractivity contribution in [2.24, 2.45) is 0 Å². The van der Waals surface area contributed by atoms with Crippen LogP contribution in [0, 0.1) is 0 Å². The second-order valence-corrected chi connectivity index (χ2v) is 6.02. The van der Waals surface area contributed by atoms with Gasteiger partial charge in [0.2, 0.25) is 0 Å². The molecule has 110 valence electrons. The van der Waals surface area contributed by atoms with Crippen molar-refractivity contribution in [3.63, 3.8) is 0 Å². The Labute approximate surface area is 126 Å². The molecule has 21 heavy (non-hydrogen) atoms. The van der Waals surface area contributed by atoms with Crippen molar-refractivity contribution in [1.29, 1.82) is 0 Å². The number of aromatic nitrogens is 2. The second-order valence-electron chi connectivity index (χ2n) is 6.02. The number of hydrogen-bond acceptors (Lipinski definition) is 3. The Bertz CT molecular complexity index is 605. The van der Waals surface area contributed by atoms with Crippen LogP contribution in [0.5, 0.6) is 0 Å². The van der Waals surface area contributed by atoms with E-state index in [2.05, 4.69) is 49.5 Å². The minimum atomic E-state index is 0.456. The molecule has 0 radical (unpaired) electrons. The highest BCUT2D eigenvalue weighted by Gasteiger charge is 2.19. The zero-order valence-electron chi connectivity index (χ0n) is 12.9. The fourth-order valence-corrected chi connectivity index (χ4v) is 2.91. The van der Waals surface area contributed by atoms with Crippen LogP contribution < -0.4 is 5.32 Å². The van der Waals surface area contributed by atoms with Gasteiger partial charge in [-0.1, -0.05) is 44.2 Å². The van der Waals surface area contributed by atoms with Gasteiger partial charge in [-0.25, -0.2) is 9.97 Å². The smallest absolute Gasteiger partial charge is 0.129 e. The Balaban J connectivity index is 1.84. The summed E-state index contributed by atoms with van der Waals surface area (Å²) in [5, 5.41) is 3.43. The van der Waals surface area contributed by atoms with E-state index < -0.39 is 0 Å². The number of rotatable bonds is 4. The van der Waals surface area contributed by atoms with Gasteiger partial charge in [0, 0.05) is 31.5 Å². The molecule has 0 saturated carbocycles. The summed E-state index contributed by atoms with van der Waals surface area (Å²) in [7, 11) is 0. The summed E-state index contributed by atoms with van der Waals surface area (Å²) in [6, 6.07) is 10.6. The van der Waals surface area contributed by atoms with E-state index >= 15 is 0 Å². The van der Waals surface area contributed by atoms with E-state index in [1.807, 2.05) is 0 Å². The van der Waals surface area contributed by atoms with E-state index in [1.165, 1.54) is 22.5 Å². The van der Waals surface area contributed by atoms with Crippen molar-refractivity contribution >= 4 is 0 Å². The fourth-order valence-electron chi connectivity index (χ4n) is 2.91. The van der Waals surface area contributed by atoms with Crippen molar-refractivity contribution in [2.45, 2.75) is 45.6 Å². The van der Waals surface area contributed by atoms with Crippen molar-refractivity contribution in [1.82, 2.24) is 15.3 Å². The van der Waals surface area contributed by atoms with Crippen LogP contribution in [0.1, 0.15) is 48.1 Å². The summed E-state index contributed by atoms with van der Waals surface area (Å²) >= 11 is 0. The fraction of sp³-hybridized carbons (Fsp3) is 0.444. The van der Waals surface area contributed by atoms with Crippen LogP contribution in [0.4, 0.5) is 0 Å². The van der Waals surface area contributed by atoms with Crippen LogP contribution in [0.25, 0.3) is 0 Å². The predicted molar refractivity (Wildman–Crippen MR) is 85.4 cm³/mol. The number of fused-ring (bicyclic) bond motifs is 1. The molecular weight excluding hydrogens is 258 g/mol. The highest BCUT2D eigenvalue weighted by Crippen LogP contribution is 2.22. The van der Waals surface area contributed by atoms with E-state index in [9.17, 15) is 0 Å². The normalized spacial score (nSPS) is 14.2. The second kappa shape index (κ2) is 6.35. The molecule has 3 heteroatoms. The van der Waals surface area contributed by atoms with E-state index in [1.54, 1.807) is 0 Å². The number of hydrogen-bond donors (Lipinski definition) is 1. The Morgan fingerprint density at radius 1 is 1.10 bits per heavy atom. The van der Waals surface area contributed by atoms with Gasteiger partial charge >= 0.3 is 0 Å². The highest BCUT2D eigenvalue weighted by atomic mass is 15.0. The lowest BCUT2D eigenvalue weighted by molar-refractivity contribution is 0.599. The summed E-state index contributed by atoms with van der Waals surface area (Å²) in [6.45, 7) is 6.39. The summed E-state index contributed by atoms with van der Waals surface area (Å²) in [4.78, 5) is 9.67. The lowest BCUT2D eigenvalue weighted by Crippen LogP contribution is -2.27. The zero-order valence-corrected chi connectivity index (χ0v) is 12.9. The molecule has 1 aromatic heterocycles. The van der Waals surface area contributed by atoms with Crippen LogP contribution in [0.3, 0.4) is 0 Å². The van der Waals surface area contributed by atoms with Gasteiger partial charge in [0.15, 0.2) is 0 Å². The first kappa shape index (κ1) is 14.2. The molecule has 2 aromatic rings. The molecule has 2 heterocycles. The van der Waals surface area contributed by atoms with Gasteiger partial charge in [-0.2, -0.15) is 0 Å². The average Bonchev–Trinajstić information content (AvgIpc) is 2.53. The lowest BCUT2D eigenvalue weighted by Gasteiger charge is -2.21. The summed E-state index contributed by atoms with van der Waals surface area (Å²) in [6.07, 6.45) is 2.95. The number of nitrogens with one attached hydrogen (secondary N) is 1. The molecule has 1 N–H and O–H groups in total. The van der Waals surface area contributed by atoms with Gasteiger partial charge < -0.3 is 5.32 Å². The van der Waals surface area contributed by atoms with Crippen molar-refractivity contribution < 1.29 is 0 Å². The molecular formula is C18H23N3. The minimum Gasteiger partial charge on any atom is -0.312 e. The molecule has 0 saturated heterocycles. The maximum absolute atomic E-state index is 4.85. The van der Waals surface area contributed by atoms with Crippen molar-refractivity contribution in [3.05, 3.63) is 58.7 Å². The molecule has 3 rings (SSSR count). The molecule has 0 unspecified atom stereocenters. The van der Waals surface area contributed by atoms with Crippen LogP contribution in [0.2, 0.25) is 0 Å². The summed E-state index contributed by atoms with van der Waals surface area (Å²) < 4.78 is 0. The molecule has 1 aliphatic heterocycles. The monoisotopic (exact) mass is 281 g/mol. The third-order valence-corrected chi connectivity index (χ3v) is 4.04. The molecule has 0 atom stereocenters. The first-order chi connectivity index (χ1) is 10.2. The van der Waals surface area contributed by atoms with Gasteiger partial charge in [-0.3, -0.25) is 0 Å². The summed E-state index contributed by atoms with van der Waals surface area (Å²) in [5.41, 5.74) is 5.18.